The SMILES string of the molecule is COC(=O)C1CC(=O)N(c2cc(C)ccc2C)C1C. The topological polar surface area (TPSA) is 46.6 Å². The molecule has 0 saturated carbocycles. The second-order valence-electron chi connectivity index (χ2n) is 5.13. The van der Waals surface area contributed by atoms with Gasteiger partial charge in [-0.25, -0.2) is 0 Å². The van der Waals surface area contributed by atoms with Crippen molar-refractivity contribution < 1.29 is 14.3 Å². The van der Waals surface area contributed by atoms with Crippen LogP contribution in [0.3, 0.4) is 0 Å². The molecule has 4 heteroatoms. The summed E-state index contributed by atoms with van der Waals surface area (Å²) in [6.45, 7) is 5.86. The molecule has 0 N–H and O–H groups in total. The van der Waals surface area contributed by atoms with Crippen molar-refractivity contribution in [3.63, 3.8) is 0 Å². The van der Waals surface area contributed by atoms with E-state index in [1.807, 2.05) is 39.0 Å². The van der Waals surface area contributed by atoms with E-state index in [0.29, 0.717) is 0 Å². The fourth-order valence-corrected chi connectivity index (χ4v) is 2.63. The average Bonchev–Trinajstić information content (AvgIpc) is 2.67. The van der Waals surface area contributed by atoms with Crippen molar-refractivity contribution in [2.75, 3.05) is 12.0 Å². The molecule has 1 heterocycles. The molecular weight excluding hydrogens is 242 g/mol. The average molecular weight is 261 g/mol. The van der Waals surface area contributed by atoms with Crippen LogP contribution in [0.5, 0.6) is 0 Å². The van der Waals surface area contributed by atoms with Gasteiger partial charge in [-0.3, -0.25) is 9.59 Å². The number of methoxy groups -OCH3 is 1. The van der Waals surface area contributed by atoms with Gasteiger partial charge in [-0.2, -0.15) is 0 Å². The lowest BCUT2D eigenvalue weighted by atomic mass is 10.0. The highest BCUT2D eigenvalue weighted by Gasteiger charge is 2.42. The molecule has 1 amide bonds. The fraction of sp³-hybridized carbons (Fsp3) is 0.467. The molecule has 1 aliphatic heterocycles. The van der Waals surface area contributed by atoms with Crippen LogP contribution in [-0.4, -0.2) is 25.0 Å². The Morgan fingerprint density at radius 1 is 1.37 bits per heavy atom. The minimum absolute atomic E-state index is 0.0170. The molecule has 0 bridgehead atoms. The number of nitrogens with zero attached hydrogens (tertiary/aromatic N) is 1. The number of carbonyl (C=O) groups is 2. The number of aryl methyl sites for hydroxylation is 2. The molecule has 1 saturated heterocycles. The molecule has 2 rings (SSSR count). The molecule has 0 aliphatic carbocycles. The highest BCUT2D eigenvalue weighted by atomic mass is 16.5. The number of rotatable bonds is 2. The standard InChI is InChI=1S/C15H19NO3/c1-9-5-6-10(2)13(7-9)16-11(3)12(8-14(16)17)15(18)19-4/h5-7,11-12H,8H2,1-4H3. The van der Waals surface area contributed by atoms with Crippen molar-refractivity contribution in [1.82, 2.24) is 0 Å². The van der Waals surface area contributed by atoms with Crippen LogP contribution in [0, 0.1) is 19.8 Å². The zero-order valence-corrected chi connectivity index (χ0v) is 11.8. The van der Waals surface area contributed by atoms with E-state index in [9.17, 15) is 9.59 Å². The van der Waals surface area contributed by atoms with Gasteiger partial charge in [0.15, 0.2) is 0 Å². The van der Waals surface area contributed by atoms with Gasteiger partial charge < -0.3 is 9.64 Å². The first-order valence-electron chi connectivity index (χ1n) is 6.43. The Bertz CT molecular complexity index is 524. The smallest absolute Gasteiger partial charge is 0.311 e. The molecule has 0 radical (unpaired) electrons. The Hall–Kier alpha value is -1.84. The van der Waals surface area contributed by atoms with Crippen molar-refractivity contribution in [2.24, 2.45) is 5.92 Å². The maximum atomic E-state index is 12.2. The maximum absolute atomic E-state index is 12.2. The van der Waals surface area contributed by atoms with Crippen LogP contribution in [0.1, 0.15) is 24.5 Å². The van der Waals surface area contributed by atoms with E-state index in [-0.39, 0.29) is 30.3 Å². The summed E-state index contributed by atoms with van der Waals surface area (Å²) in [6, 6.07) is 5.84. The summed E-state index contributed by atoms with van der Waals surface area (Å²) in [7, 11) is 1.36. The van der Waals surface area contributed by atoms with Gasteiger partial charge in [0.1, 0.15) is 0 Å². The van der Waals surface area contributed by atoms with Gasteiger partial charge in [0, 0.05) is 18.2 Å². The van der Waals surface area contributed by atoms with E-state index in [0.717, 1.165) is 16.8 Å². The van der Waals surface area contributed by atoms with Crippen LogP contribution in [0.4, 0.5) is 5.69 Å². The van der Waals surface area contributed by atoms with Crippen molar-refractivity contribution in [3.05, 3.63) is 29.3 Å². The third-order valence-corrected chi connectivity index (χ3v) is 3.78. The molecule has 0 aromatic heterocycles. The van der Waals surface area contributed by atoms with E-state index in [4.69, 9.17) is 4.74 Å². The van der Waals surface area contributed by atoms with Crippen molar-refractivity contribution in [1.29, 1.82) is 0 Å². The third-order valence-electron chi connectivity index (χ3n) is 3.78. The number of ether oxygens (including phenoxy) is 1. The minimum atomic E-state index is -0.377. The normalized spacial score (nSPS) is 22.7. The Morgan fingerprint density at radius 2 is 2.05 bits per heavy atom. The van der Waals surface area contributed by atoms with Gasteiger partial charge in [-0.05, 0) is 38.0 Å². The van der Waals surface area contributed by atoms with Crippen LogP contribution in [0.15, 0.2) is 18.2 Å². The molecule has 1 aromatic carbocycles. The van der Waals surface area contributed by atoms with E-state index in [1.54, 1.807) is 4.90 Å². The van der Waals surface area contributed by atoms with Gasteiger partial charge in [0.2, 0.25) is 5.91 Å². The number of amides is 1. The minimum Gasteiger partial charge on any atom is -0.469 e. The third kappa shape index (κ3) is 2.35. The molecule has 102 valence electrons. The van der Waals surface area contributed by atoms with Crippen molar-refractivity contribution in [2.45, 2.75) is 33.2 Å². The summed E-state index contributed by atoms with van der Waals surface area (Å²) < 4.78 is 4.77. The van der Waals surface area contributed by atoms with Gasteiger partial charge in [0.05, 0.1) is 13.0 Å². The fourth-order valence-electron chi connectivity index (χ4n) is 2.63. The van der Waals surface area contributed by atoms with E-state index >= 15 is 0 Å². The number of anilines is 1. The van der Waals surface area contributed by atoms with Gasteiger partial charge in [-0.1, -0.05) is 12.1 Å². The molecule has 4 nitrogen and oxygen atoms in total. The van der Waals surface area contributed by atoms with Gasteiger partial charge >= 0.3 is 5.97 Å². The summed E-state index contributed by atoms with van der Waals surface area (Å²) >= 11 is 0. The second kappa shape index (κ2) is 5.03. The predicted octanol–water partition coefficient (Wildman–Crippen LogP) is 2.22. The first-order chi connectivity index (χ1) is 8.95. The monoisotopic (exact) mass is 261 g/mol. The highest BCUT2D eigenvalue weighted by Crippen LogP contribution is 2.33. The van der Waals surface area contributed by atoms with E-state index in [1.165, 1.54) is 7.11 Å². The first kappa shape index (κ1) is 13.6. The zero-order chi connectivity index (χ0) is 14.2. The first-order valence-corrected chi connectivity index (χ1v) is 6.43. The van der Waals surface area contributed by atoms with E-state index in [2.05, 4.69) is 0 Å². The molecular formula is C15H19NO3. The van der Waals surface area contributed by atoms with Crippen LogP contribution < -0.4 is 4.90 Å². The number of esters is 1. The van der Waals surface area contributed by atoms with Gasteiger partial charge in [-0.15, -0.1) is 0 Å². The Labute approximate surface area is 113 Å². The zero-order valence-electron chi connectivity index (χ0n) is 11.8. The predicted molar refractivity (Wildman–Crippen MR) is 73.0 cm³/mol. The molecule has 19 heavy (non-hydrogen) atoms. The summed E-state index contributed by atoms with van der Waals surface area (Å²) in [6.07, 6.45) is 0.223. The summed E-state index contributed by atoms with van der Waals surface area (Å²) in [5, 5.41) is 0. The van der Waals surface area contributed by atoms with Crippen molar-refractivity contribution >= 4 is 17.6 Å². The molecule has 0 spiro atoms. The molecule has 2 unspecified atom stereocenters. The lowest BCUT2D eigenvalue weighted by molar-refractivity contribution is -0.146. The molecule has 1 aromatic rings. The number of hydrogen-bond donors (Lipinski definition) is 0. The Kier molecular flexibility index (Phi) is 3.60. The van der Waals surface area contributed by atoms with Crippen LogP contribution in [0.2, 0.25) is 0 Å². The number of carbonyl (C=O) groups excluding carboxylic acids is 2. The molecule has 1 aliphatic rings. The molecule has 1 fully saturated rings. The van der Waals surface area contributed by atoms with Crippen LogP contribution in [0.25, 0.3) is 0 Å². The summed E-state index contributed by atoms with van der Waals surface area (Å²) in [4.78, 5) is 25.6. The summed E-state index contributed by atoms with van der Waals surface area (Å²) in [5.74, 6) is -0.706. The Morgan fingerprint density at radius 3 is 2.68 bits per heavy atom. The second-order valence-corrected chi connectivity index (χ2v) is 5.13. The lowest BCUT2D eigenvalue weighted by Crippen LogP contribution is -2.35. The maximum Gasteiger partial charge on any atom is 0.311 e. The lowest BCUT2D eigenvalue weighted by Gasteiger charge is -2.25. The molecule has 2 atom stereocenters. The number of benzene rings is 1. The highest BCUT2D eigenvalue weighted by molar-refractivity contribution is 6.01. The van der Waals surface area contributed by atoms with Crippen LogP contribution in [-0.2, 0) is 14.3 Å². The number of hydrogen-bond acceptors (Lipinski definition) is 3. The quantitative estimate of drug-likeness (QED) is 0.767. The van der Waals surface area contributed by atoms with E-state index < -0.39 is 0 Å². The van der Waals surface area contributed by atoms with Crippen LogP contribution >= 0.6 is 0 Å². The largest absolute Gasteiger partial charge is 0.469 e. The Balaban J connectivity index is 2.37. The van der Waals surface area contributed by atoms with Crippen molar-refractivity contribution in [3.8, 4) is 0 Å². The van der Waals surface area contributed by atoms with Gasteiger partial charge in [0.25, 0.3) is 0 Å². The summed E-state index contributed by atoms with van der Waals surface area (Å²) in [5.41, 5.74) is 3.03.